The van der Waals surface area contributed by atoms with Crippen LogP contribution in [0.3, 0.4) is 0 Å². The van der Waals surface area contributed by atoms with Gasteiger partial charge in [0.25, 0.3) is 0 Å². The van der Waals surface area contributed by atoms with Crippen LogP contribution in [0.15, 0.2) is 152 Å². The van der Waals surface area contributed by atoms with Gasteiger partial charge < -0.3 is 0 Å². The zero-order valence-electron chi connectivity index (χ0n) is 27.6. The molecular formula is C47H25N3S2. The summed E-state index contributed by atoms with van der Waals surface area (Å²) in [6, 6.07) is 54.5. The fourth-order valence-electron chi connectivity index (χ4n) is 8.42. The van der Waals surface area contributed by atoms with E-state index >= 15 is 0 Å². The first-order chi connectivity index (χ1) is 25.8. The Labute approximate surface area is 306 Å². The van der Waals surface area contributed by atoms with E-state index in [1.165, 1.54) is 73.4 Å². The largest absolute Gasteiger partial charge is 0.208 e. The maximum absolute atomic E-state index is 5.36. The molecule has 5 heteroatoms. The van der Waals surface area contributed by atoms with Crippen LogP contribution in [0.1, 0.15) is 0 Å². The highest BCUT2D eigenvalue weighted by Crippen LogP contribution is 2.53. The molecule has 1 aliphatic carbocycles. The Balaban J connectivity index is 1.15. The van der Waals surface area contributed by atoms with Gasteiger partial charge in [0.1, 0.15) is 0 Å². The lowest BCUT2D eigenvalue weighted by Gasteiger charge is -2.11. The van der Waals surface area contributed by atoms with E-state index in [0.29, 0.717) is 17.5 Å². The van der Waals surface area contributed by atoms with E-state index in [4.69, 9.17) is 15.0 Å². The Morgan fingerprint density at radius 3 is 1.77 bits per heavy atom. The molecule has 240 valence electrons. The first-order valence-corrected chi connectivity index (χ1v) is 19.1. The van der Waals surface area contributed by atoms with Crippen LogP contribution < -0.4 is 0 Å². The zero-order chi connectivity index (χ0) is 33.9. The highest BCUT2D eigenvalue weighted by atomic mass is 32.1. The first kappa shape index (κ1) is 28.4. The molecule has 0 amide bonds. The summed E-state index contributed by atoms with van der Waals surface area (Å²) < 4.78 is 4.98. The molecule has 0 radical (unpaired) electrons. The molecule has 0 atom stereocenters. The fourth-order valence-corrected chi connectivity index (χ4v) is 10.9. The number of nitrogens with zero attached hydrogens (tertiary/aromatic N) is 3. The number of benzene rings is 8. The van der Waals surface area contributed by atoms with Gasteiger partial charge in [0.05, 0.1) is 0 Å². The van der Waals surface area contributed by atoms with Crippen LogP contribution in [0.2, 0.25) is 0 Å². The highest BCUT2D eigenvalue weighted by molar-refractivity contribution is 7.26. The average molecular weight is 696 g/mol. The van der Waals surface area contributed by atoms with Gasteiger partial charge in [-0.05, 0) is 56.4 Å². The molecule has 3 aromatic heterocycles. The maximum Gasteiger partial charge on any atom is 0.165 e. The topological polar surface area (TPSA) is 38.7 Å². The van der Waals surface area contributed by atoms with Crippen LogP contribution in [0.25, 0.3) is 118 Å². The van der Waals surface area contributed by atoms with E-state index in [-0.39, 0.29) is 0 Å². The van der Waals surface area contributed by atoms with Gasteiger partial charge in [0, 0.05) is 62.6 Å². The highest BCUT2D eigenvalue weighted by Gasteiger charge is 2.26. The van der Waals surface area contributed by atoms with Crippen molar-refractivity contribution in [2.24, 2.45) is 0 Å². The van der Waals surface area contributed by atoms with Crippen molar-refractivity contribution in [2.45, 2.75) is 0 Å². The van der Waals surface area contributed by atoms with Crippen molar-refractivity contribution in [1.82, 2.24) is 15.0 Å². The second-order valence-electron chi connectivity index (χ2n) is 13.5. The minimum Gasteiger partial charge on any atom is -0.208 e. The van der Waals surface area contributed by atoms with Crippen molar-refractivity contribution in [3.8, 4) is 56.4 Å². The molecule has 0 unspecified atom stereocenters. The van der Waals surface area contributed by atoms with E-state index in [1.807, 2.05) is 11.3 Å². The maximum atomic E-state index is 5.36. The van der Waals surface area contributed by atoms with Gasteiger partial charge in [-0.3, -0.25) is 0 Å². The van der Waals surface area contributed by atoms with Crippen LogP contribution in [-0.2, 0) is 0 Å². The number of aromatic nitrogens is 3. The number of rotatable bonds is 3. The van der Waals surface area contributed by atoms with E-state index < -0.39 is 0 Å². The van der Waals surface area contributed by atoms with Crippen molar-refractivity contribution >= 4 is 84.6 Å². The van der Waals surface area contributed by atoms with Gasteiger partial charge >= 0.3 is 0 Å². The van der Waals surface area contributed by atoms with E-state index in [0.717, 1.165) is 27.5 Å². The second kappa shape index (κ2) is 10.6. The number of thiophene rings is 2. The summed E-state index contributed by atoms with van der Waals surface area (Å²) in [5, 5.41) is 9.82. The molecule has 0 saturated carbocycles. The Bertz CT molecular complexity index is 3310. The molecule has 0 aliphatic heterocycles. The van der Waals surface area contributed by atoms with Gasteiger partial charge in [0.15, 0.2) is 17.5 Å². The minimum atomic E-state index is 0.675. The third kappa shape index (κ3) is 3.92. The van der Waals surface area contributed by atoms with Gasteiger partial charge in [-0.15, -0.1) is 22.7 Å². The SMILES string of the molecule is c1ccc2c(-c3nc(-c4cccc5c4sc4ccccc45)nc(-c4cccc5sc6c7c(ccc6c45)-c4cccc5cccc-7c45)n3)cccc2c1. The van der Waals surface area contributed by atoms with Crippen molar-refractivity contribution in [3.05, 3.63) is 152 Å². The molecule has 12 rings (SSSR count). The average Bonchev–Trinajstić information content (AvgIpc) is 3.88. The monoisotopic (exact) mass is 695 g/mol. The van der Waals surface area contributed by atoms with Gasteiger partial charge in [-0.25, -0.2) is 15.0 Å². The number of hydrogen-bond donors (Lipinski definition) is 0. The zero-order valence-corrected chi connectivity index (χ0v) is 29.2. The summed E-state index contributed by atoms with van der Waals surface area (Å²) in [7, 11) is 0. The third-order valence-corrected chi connectivity index (χ3v) is 13.1. The van der Waals surface area contributed by atoms with Gasteiger partial charge in [0.2, 0.25) is 0 Å². The lowest BCUT2D eigenvalue weighted by atomic mass is 9.99. The summed E-state index contributed by atoms with van der Waals surface area (Å²) in [5.41, 5.74) is 8.32. The van der Waals surface area contributed by atoms with Crippen LogP contribution in [0, 0.1) is 0 Å². The second-order valence-corrected chi connectivity index (χ2v) is 15.6. The van der Waals surface area contributed by atoms with E-state index in [9.17, 15) is 0 Å². The molecule has 3 nitrogen and oxygen atoms in total. The summed E-state index contributed by atoms with van der Waals surface area (Å²) in [5.74, 6) is 2.04. The molecule has 0 saturated heterocycles. The molecule has 0 fully saturated rings. The van der Waals surface area contributed by atoms with Gasteiger partial charge in [-0.1, -0.05) is 133 Å². The smallest absolute Gasteiger partial charge is 0.165 e. The standard InChI is InChI=1S/C47H25N3S2/c1-2-14-28-26(10-1)11-5-18-33(28)45-48-46(50-47(49-45)37-21-8-17-32-29-15-3-4-22-38(29)51-43(32)37)36-20-9-23-39-41(36)35-25-24-31-30-16-6-12-27-13-7-19-34(40(27)30)42(31)44(35)52-39/h1-25H. The van der Waals surface area contributed by atoms with Crippen molar-refractivity contribution in [2.75, 3.05) is 0 Å². The van der Waals surface area contributed by atoms with E-state index in [2.05, 4.69) is 152 Å². The molecule has 0 N–H and O–H groups in total. The Hall–Kier alpha value is -6.27. The van der Waals surface area contributed by atoms with Crippen LogP contribution in [-0.4, -0.2) is 15.0 Å². The molecule has 52 heavy (non-hydrogen) atoms. The van der Waals surface area contributed by atoms with Crippen LogP contribution >= 0.6 is 22.7 Å². The lowest BCUT2D eigenvalue weighted by Crippen LogP contribution is -2.01. The van der Waals surface area contributed by atoms with Crippen molar-refractivity contribution in [1.29, 1.82) is 0 Å². The first-order valence-electron chi connectivity index (χ1n) is 17.4. The van der Waals surface area contributed by atoms with Gasteiger partial charge in [-0.2, -0.15) is 0 Å². The van der Waals surface area contributed by atoms with Crippen LogP contribution in [0.4, 0.5) is 0 Å². The quantitative estimate of drug-likeness (QED) is 0.185. The minimum absolute atomic E-state index is 0.675. The summed E-state index contributed by atoms with van der Waals surface area (Å²) in [6.07, 6.45) is 0. The number of hydrogen-bond acceptors (Lipinski definition) is 5. The molecule has 0 bridgehead atoms. The Morgan fingerprint density at radius 2 is 0.885 bits per heavy atom. The summed E-state index contributed by atoms with van der Waals surface area (Å²) in [4.78, 5) is 16.0. The molecule has 11 aromatic rings. The van der Waals surface area contributed by atoms with E-state index in [1.54, 1.807) is 11.3 Å². The lowest BCUT2D eigenvalue weighted by molar-refractivity contribution is 1.08. The molecule has 0 spiro atoms. The molecular weight excluding hydrogens is 671 g/mol. The third-order valence-electron chi connectivity index (χ3n) is 10.7. The molecule has 3 heterocycles. The fraction of sp³-hybridized carbons (Fsp3) is 0. The molecule has 8 aromatic carbocycles. The van der Waals surface area contributed by atoms with Crippen LogP contribution in [0.5, 0.6) is 0 Å². The van der Waals surface area contributed by atoms with Crippen molar-refractivity contribution in [3.63, 3.8) is 0 Å². The normalized spacial score (nSPS) is 12.2. The van der Waals surface area contributed by atoms with Crippen molar-refractivity contribution < 1.29 is 0 Å². The summed E-state index contributed by atoms with van der Waals surface area (Å²) >= 11 is 3.67. The predicted octanol–water partition coefficient (Wildman–Crippen LogP) is 13.6. The number of fused-ring (bicyclic) bond motifs is 11. The Morgan fingerprint density at radius 1 is 0.308 bits per heavy atom. The summed E-state index contributed by atoms with van der Waals surface area (Å²) in [6.45, 7) is 0. The Kier molecular flexibility index (Phi) is 5.81. The predicted molar refractivity (Wildman–Crippen MR) is 221 cm³/mol. The molecule has 1 aliphatic rings.